The van der Waals surface area contributed by atoms with Gasteiger partial charge in [0.15, 0.2) is 5.58 Å². The minimum atomic E-state index is -0.759. The van der Waals surface area contributed by atoms with E-state index in [0.29, 0.717) is 30.5 Å². The molecule has 0 amide bonds. The monoisotopic (exact) mass is 396 g/mol. The van der Waals surface area contributed by atoms with Gasteiger partial charge in [0.05, 0.1) is 6.42 Å². The van der Waals surface area contributed by atoms with Gasteiger partial charge < -0.3 is 19.0 Å². The molecular weight excluding hydrogens is 372 g/mol. The predicted molar refractivity (Wildman–Crippen MR) is 107 cm³/mol. The molecule has 0 spiro atoms. The summed E-state index contributed by atoms with van der Waals surface area (Å²) in [5.41, 5.74) is 1.43. The Morgan fingerprint density at radius 1 is 1.10 bits per heavy atom. The van der Waals surface area contributed by atoms with Gasteiger partial charge in [0, 0.05) is 19.1 Å². The van der Waals surface area contributed by atoms with Crippen LogP contribution in [0, 0.1) is 0 Å². The first-order chi connectivity index (χ1) is 14.2. The Labute approximate surface area is 168 Å². The van der Waals surface area contributed by atoms with Crippen LogP contribution in [0.5, 0.6) is 17.6 Å². The molecule has 3 aromatic rings. The molecule has 0 aliphatic heterocycles. The quantitative estimate of drug-likeness (QED) is 0.546. The molecule has 1 heterocycles. The van der Waals surface area contributed by atoms with Crippen molar-refractivity contribution in [3.8, 4) is 17.6 Å². The average Bonchev–Trinajstić information content (AvgIpc) is 3.08. The minimum Gasteiger partial charge on any atom is -0.492 e. The van der Waals surface area contributed by atoms with Crippen LogP contribution in [0.15, 0.2) is 52.9 Å². The van der Waals surface area contributed by atoms with Crippen molar-refractivity contribution >= 4 is 17.1 Å². The number of benzene rings is 2. The van der Waals surface area contributed by atoms with Crippen LogP contribution in [0.2, 0.25) is 0 Å². The SMILES string of the molecule is O=C(O)CCN(CCOc1ccc(Oc2nc3ccccc3o2)cc1)C1CCC1. The number of carbonyl (C=O) groups is 1. The Bertz CT molecular complexity index is 916. The van der Waals surface area contributed by atoms with Crippen molar-refractivity contribution in [2.24, 2.45) is 0 Å². The van der Waals surface area contributed by atoms with Crippen LogP contribution in [0.3, 0.4) is 0 Å². The summed E-state index contributed by atoms with van der Waals surface area (Å²) in [6.45, 7) is 1.81. The molecule has 7 heteroatoms. The number of hydrogen-bond acceptors (Lipinski definition) is 6. The molecule has 1 aliphatic rings. The van der Waals surface area contributed by atoms with E-state index in [4.69, 9.17) is 19.0 Å². The van der Waals surface area contributed by atoms with Crippen LogP contribution in [0.4, 0.5) is 0 Å². The molecule has 0 unspecified atom stereocenters. The molecule has 1 saturated carbocycles. The maximum absolute atomic E-state index is 10.9. The number of hydrogen-bond donors (Lipinski definition) is 1. The first-order valence-corrected chi connectivity index (χ1v) is 9.89. The summed E-state index contributed by atoms with van der Waals surface area (Å²) < 4.78 is 17.1. The second-order valence-corrected chi connectivity index (χ2v) is 7.13. The van der Waals surface area contributed by atoms with E-state index in [9.17, 15) is 4.79 Å². The summed E-state index contributed by atoms with van der Waals surface area (Å²) in [6.07, 6.45) is 3.87. The highest BCUT2D eigenvalue weighted by atomic mass is 16.6. The van der Waals surface area contributed by atoms with E-state index >= 15 is 0 Å². The number of nitrogens with zero attached hydrogens (tertiary/aromatic N) is 2. The number of oxazole rings is 1. The van der Waals surface area contributed by atoms with Crippen molar-refractivity contribution < 1.29 is 23.8 Å². The summed E-state index contributed by atoms with van der Waals surface area (Å²) in [5.74, 6) is 0.591. The summed E-state index contributed by atoms with van der Waals surface area (Å²) in [5, 5.41) is 8.93. The Morgan fingerprint density at radius 2 is 1.86 bits per heavy atom. The van der Waals surface area contributed by atoms with Crippen LogP contribution >= 0.6 is 0 Å². The molecule has 0 radical (unpaired) electrons. The van der Waals surface area contributed by atoms with E-state index in [0.717, 1.165) is 30.7 Å². The number of carboxylic acids is 1. The number of para-hydroxylation sites is 2. The highest BCUT2D eigenvalue weighted by molar-refractivity contribution is 5.72. The third-order valence-electron chi connectivity index (χ3n) is 5.15. The molecule has 1 N–H and O–H groups in total. The van der Waals surface area contributed by atoms with Crippen LogP contribution in [-0.2, 0) is 4.79 Å². The number of fused-ring (bicyclic) bond motifs is 1. The standard InChI is InChI=1S/C22H24N2O5/c25-21(26)12-13-24(16-4-3-5-16)14-15-27-17-8-10-18(11-9-17)28-22-23-19-6-1-2-7-20(19)29-22/h1-2,6-11,16H,3-5,12-15H2,(H,25,26). The minimum absolute atomic E-state index is 0.165. The molecule has 0 saturated heterocycles. The normalized spacial score (nSPS) is 14.1. The zero-order valence-corrected chi connectivity index (χ0v) is 16.1. The molecule has 4 rings (SSSR count). The van der Waals surface area contributed by atoms with Crippen molar-refractivity contribution in [1.29, 1.82) is 0 Å². The Morgan fingerprint density at radius 3 is 2.55 bits per heavy atom. The topological polar surface area (TPSA) is 85.0 Å². The fraction of sp³-hybridized carbons (Fsp3) is 0.364. The highest BCUT2D eigenvalue weighted by Crippen LogP contribution is 2.27. The van der Waals surface area contributed by atoms with E-state index in [-0.39, 0.29) is 12.5 Å². The lowest BCUT2D eigenvalue weighted by molar-refractivity contribution is -0.137. The molecule has 0 bridgehead atoms. The second kappa shape index (κ2) is 8.96. The molecule has 1 aromatic heterocycles. The first-order valence-electron chi connectivity index (χ1n) is 9.89. The van der Waals surface area contributed by atoms with Gasteiger partial charge in [-0.15, -0.1) is 0 Å². The summed E-state index contributed by atoms with van der Waals surface area (Å²) in [7, 11) is 0. The number of carboxylic acid groups (broad SMARTS) is 1. The van der Waals surface area contributed by atoms with Gasteiger partial charge in [-0.1, -0.05) is 18.6 Å². The fourth-order valence-electron chi connectivity index (χ4n) is 3.35. The lowest BCUT2D eigenvalue weighted by Crippen LogP contribution is -2.43. The van der Waals surface area contributed by atoms with Crippen LogP contribution in [-0.4, -0.2) is 46.7 Å². The summed E-state index contributed by atoms with van der Waals surface area (Å²) in [6, 6.07) is 15.3. The van der Waals surface area contributed by atoms with Crippen LogP contribution in [0.25, 0.3) is 11.1 Å². The molecule has 29 heavy (non-hydrogen) atoms. The molecule has 0 atom stereocenters. The summed E-state index contributed by atoms with van der Waals surface area (Å²) in [4.78, 5) is 17.4. The Kier molecular flexibility index (Phi) is 5.95. The Hall–Kier alpha value is -3.06. The van der Waals surface area contributed by atoms with Gasteiger partial charge in [-0.2, -0.15) is 4.98 Å². The van der Waals surface area contributed by atoms with Gasteiger partial charge in [0.25, 0.3) is 0 Å². The number of ether oxygens (including phenoxy) is 2. The van der Waals surface area contributed by atoms with E-state index in [2.05, 4.69) is 9.88 Å². The van der Waals surface area contributed by atoms with Crippen molar-refractivity contribution in [1.82, 2.24) is 9.88 Å². The zero-order valence-electron chi connectivity index (χ0n) is 16.1. The number of aromatic nitrogens is 1. The van der Waals surface area contributed by atoms with E-state index < -0.39 is 5.97 Å². The van der Waals surface area contributed by atoms with Crippen molar-refractivity contribution in [3.63, 3.8) is 0 Å². The van der Waals surface area contributed by atoms with E-state index in [1.165, 1.54) is 6.42 Å². The third kappa shape index (κ3) is 5.06. The number of rotatable bonds is 10. The first kappa shape index (κ1) is 19.3. The highest BCUT2D eigenvalue weighted by Gasteiger charge is 2.24. The molecule has 152 valence electrons. The maximum Gasteiger partial charge on any atom is 0.400 e. The van der Waals surface area contributed by atoms with Gasteiger partial charge in [0.1, 0.15) is 23.6 Å². The third-order valence-corrected chi connectivity index (χ3v) is 5.15. The van der Waals surface area contributed by atoms with Crippen LogP contribution in [0.1, 0.15) is 25.7 Å². The zero-order chi connectivity index (χ0) is 20.1. The molecular formula is C22H24N2O5. The smallest absolute Gasteiger partial charge is 0.400 e. The van der Waals surface area contributed by atoms with Gasteiger partial charge in [0.2, 0.25) is 0 Å². The van der Waals surface area contributed by atoms with E-state index in [1.807, 2.05) is 36.4 Å². The van der Waals surface area contributed by atoms with Gasteiger partial charge in [-0.3, -0.25) is 9.69 Å². The van der Waals surface area contributed by atoms with Crippen molar-refractivity contribution in [3.05, 3.63) is 48.5 Å². The summed E-state index contributed by atoms with van der Waals surface area (Å²) >= 11 is 0. The Balaban J connectivity index is 1.28. The van der Waals surface area contributed by atoms with Gasteiger partial charge >= 0.3 is 12.0 Å². The molecule has 2 aromatic carbocycles. The predicted octanol–water partition coefficient (Wildman–Crippen LogP) is 4.33. The fourth-order valence-corrected chi connectivity index (χ4v) is 3.35. The largest absolute Gasteiger partial charge is 0.492 e. The second-order valence-electron chi connectivity index (χ2n) is 7.13. The average molecular weight is 396 g/mol. The lowest BCUT2D eigenvalue weighted by atomic mass is 9.91. The van der Waals surface area contributed by atoms with Gasteiger partial charge in [-0.25, -0.2) is 0 Å². The van der Waals surface area contributed by atoms with Crippen molar-refractivity contribution in [2.45, 2.75) is 31.7 Å². The number of aliphatic carboxylic acids is 1. The molecule has 1 aliphatic carbocycles. The van der Waals surface area contributed by atoms with Crippen LogP contribution < -0.4 is 9.47 Å². The molecule has 7 nitrogen and oxygen atoms in total. The lowest BCUT2D eigenvalue weighted by Gasteiger charge is -2.37. The maximum atomic E-state index is 10.9. The molecule has 1 fully saturated rings. The van der Waals surface area contributed by atoms with Gasteiger partial charge in [-0.05, 0) is 49.2 Å². The van der Waals surface area contributed by atoms with Crippen molar-refractivity contribution in [2.75, 3.05) is 19.7 Å². The van der Waals surface area contributed by atoms with E-state index in [1.54, 1.807) is 12.1 Å².